The summed E-state index contributed by atoms with van der Waals surface area (Å²) in [4.78, 5) is 4.13. The minimum atomic E-state index is 0.604. The van der Waals surface area contributed by atoms with Gasteiger partial charge in [-0.2, -0.15) is 10.1 Å². The van der Waals surface area contributed by atoms with Gasteiger partial charge < -0.3 is 9.84 Å². The molecule has 0 aliphatic heterocycles. The van der Waals surface area contributed by atoms with Crippen LogP contribution >= 0.6 is 0 Å². The molecule has 0 bridgehead atoms. The third-order valence-electron chi connectivity index (χ3n) is 2.27. The number of aryl methyl sites for hydroxylation is 1. The lowest BCUT2D eigenvalue weighted by Crippen LogP contribution is -2.16. The molecule has 0 radical (unpaired) electrons. The Kier molecular flexibility index (Phi) is 3.66. The summed E-state index contributed by atoms with van der Waals surface area (Å²) in [5.41, 5.74) is 1.12. The van der Waals surface area contributed by atoms with Crippen molar-refractivity contribution in [2.24, 2.45) is 0 Å². The zero-order chi connectivity index (χ0) is 12.1. The van der Waals surface area contributed by atoms with Crippen LogP contribution in [0.1, 0.15) is 17.3 Å². The largest absolute Gasteiger partial charge is 0.340 e. The smallest absolute Gasteiger partial charge is 0.223 e. The topological polar surface area (TPSA) is 68.8 Å². The second-order valence-corrected chi connectivity index (χ2v) is 3.67. The van der Waals surface area contributed by atoms with Crippen LogP contribution in [-0.2, 0) is 13.0 Å². The quantitative estimate of drug-likeness (QED) is 0.754. The molecule has 0 unspecified atom stereocenters. The van der Waals surface area contributed by atoms with Crippen molar-refractivity contribution in [1.29, 1.82) is 0 Å². The minimum absolute atomic E-state index is 0.604. The van der Waals surface area contributed by atoms with Crippen LogP contribution in [0.25, 0.3) is 6.20 Å². The van der Waals surface area contributed by atoms with Crippen molar-refractivity contribution >= 4 is 6.20 Å². The van der Waals surface area contributed by atoms with Gasteiger partial charge in [-0.05, 0) is 0 Å². The van der Waals surface area contributed by atoms with Gasteiger partial charge in [-0.3, -0.25) is 0 Å². The second kappa shape index (κ2) is 5.40. The maximum absolute atomic E-state index is 4.88. The summed E-state index contributed by atoms with van der Waals surface area (Å²) in [6, 6.07) is 0. The van der Waals surface area contributed by atoms with Crippen molar-refractivity contribution in [3.63, 3.8) is 0 Å². The fourth-order valence-electron chi connectivity index (χ4n) is 1.44. The van der Waals surface area contributed by atoms with Gasteiger partial charge in [-0.1, -0.05) is 11.7 Å². The molecule has 0 aromatic carbocycles. The number of nitrogens with one attached hydrogen (secondary N) is 1. The Balaban J connectivity index is 1.71. The van der Waals surface area contributed by atoms with Crippen LogP contribution in [0.15, 0.2) is 23.5 Å². The fraction of sp³-hybridized carbons (Fsp3) is 0.364. The zero-order valence-electron chi connectivity index (χ0n) is 9.76. The summed E-state index contributed by atoms with van der Waals surface area (Å²) in [6.45, 7) is 6.99. The molecule has 90 valence electrons. The highest BCUT2D eigenvalue weighted by Crippen LogP contribution is 1.98. The van der Waals surface area contributed by atoms with Gasteiger partial charge in [0.25, 0.3) is 0 Å². The van der Waals surface area contributed by atoms with E-state index in [2.05, 4.69) is 27.1 Å². The van der Waals surface area contributed by atoms with Crippen LogP contribution in [0.2, 0.25) is 0 Å². The summed E-state index contributed by atoms with van der Waals surface area (Å²) >= 11 is 0. The second-order valence-electron chi connectivity index (χ2n) is 3.67. The van der Waals surface area contributed by atoms with Crippen molar-refractivity contribution in [1.82, 2.24) is 25.2 Å². The molecule has 0 aliphatic rings. The van der Waals surface area contributed by atoms with Gasteiger partial charge in [-0.15, -0.1) is 0 Å². The molecule has 1 N–H and O–H groups in total. The molecule has 2 rings (SSSR count). The van der Waals surface area contributed by atoms with E-state index >= 15 is 0 Å². The first kappa shape index (κ1) is 11.5. The molecule has 0 fully saturated rings. The highest BCUT2D eigenvalue weighted by atomic mass is 16.5. The lowest BCUT2D eigenvalue weighted by molar-refractivity contribution is 0.387. The molecule has 0 saturated carbocycles. The normalized spacial score (nSPS) is 10.6. The Labute approximate surface area is 99.3 Å². The van der Waals surface area contributed by atoms with Crippen molar-refractivity contribution in [2.75, 3.05) is 6.54 Å². The van der Waals surface area contributed by atoms with E-state index in [1.54, 1.807) is 17.8 Å². The molecule has 6 nitrogen and oxygen atoms in total. The van der Waals surface area contributed by atoms with Crippen LogP contribution in [0.5, 0.6) is 0 Å². The Morgan fingerprint density at radius 1 is 1.59 bits per heavy atom. The van der Waals surface area contributed by atoms with Crippen molar-refractivity contribution in [3.05, 3.63) is 36.3 Å². The predicted molar refractivity (Wildman–Crippen MR) is 63.1 cm³/mol. The van der Waals surface area contributed by atoms with Crippen LogP contribution in [0, 0.1) is 6.92 Å². The standard InChI is InChI=1S/C11H15N5O/c1-3-16-8-10(7-13-16)6-12-5-4-11-14-9(2)17-15-11/h3,7-8,12H,1,4-6H2,2H3. The molecule has 0 atom stereocenters. The van der Waals surface area contributed by atoms with Gasteiger partial charge in [-0.25, -0.2) is 4.68 Å². The molecule has 6 heteroatoms. The summed E-state index contributed by atoms with van der Waals surface area (Å²) in [7, 11) is 0. The van der Waals surface area contributed by atoms with Crippen LogP contribution in [0.4, 0.5) is 0 Å². The summed E-state index contributed by atoms with van der Waals surface area (Å²) in [5, 5.41) is 11.2. The first-order valence-corrected chi connectivity index (χ1v) is 5.43. The number of aromatic nitrogens is 4. The van der Waals surface area contributed by atoms with E-state index in [0.717, 1.165) is 30.9 Å². The van der Waals surface area contributed by atoms with Crippen molar-refractivity contribution in [3.8, 4) is 0 Å². The number of rotatable bonds is 6. The maximum atomic E-state index is 4.88. The molecule has 0 spiro atoms. The van der Waals surface area contributed by atoms with E-state index in [1.165, 1.54) is 0 Å². The van der Waals surface area contributed by atoms with E-state index in [4.69, 9.17) is 4.52 Å². The molecule has 2 aromatic rings. The lowest BCUT2D eigenvalue weighted by Gasteiger charge is -1.99. The third kappa shape index (κ3) is 3.25. The average molecular weight is 233 g/mol. The van der Waals surface area contributed by atoms with Gasteiger partial charge in [0.05, 0.1) is 6.20 Å². The number of hydrogen-bond donors (Lipinski definition) is 1. The predicted octanol–water partition coefficient (Wildman–Crippen LogP) is 1.01. The maximum Gasteiger partial charge on any atom is 0.223 e. The van der Waals surface area contributed by atoms with Gasteiger partial charge in [0.1, 0.15) is 0 Å². The van der Waals surface area contributed by atoms with Crippen LogP contribution < -0.4 is 5.32 Å². The summed E-state index contributed by atoms with van der Waals surface area (Å²) in [5.74, 6) is 1.34. The van der Waals surface area contributed by atoms with E-state index < -0.39 is 0 Å². The molecular formula is C11H15N5O. The van der Waals surface area contributed by atoms with E-state index in [0.29, 0.717) is 5.89 Å². The van der Waals surface area contributed by atoms with Gasteiger partial charge >= 0.3 is 0 Å². The Morgan fingerprint density at radius 2 is 2.47 bits per heavy atom. The Morgan fingerprint density at radius 3 is 3.12 bits per heavy atom. The molecular weight excluding hydrogens is 218 g/mol. The van der Waals surface area contributed by atoms with E-state index in [-0.39, 0.29) is 0 Å². The summed E-state index contributed by atoms with van der Waals surface area (Å²) in [6.07, 6.45) is 6.16. The Bertz CT molecular complexity index is 488. The molecule has 2 heterocycles. The Hall–Kier alpha value is -1.95. The monoisotopic (exact) mass is 233 g/mol. The molecule has 0 saturated heterocycles. The number of hydrogen-bond acceptors (Lipinski definition) is 5. The van der Waals surface area contributed by atoms with Crippen molar-refractivity contribution in [2.45, 2.75) is 19.9 Å². The van der Waals surface area contributed by atoms with Crippen LogP contribution in [0.3, 0.4) is 0 Å². The fourth-order valence-corrected chi connectivity index (χ4v) is 1.44. The van der Waals surface area contributed by atoms with Crippen LogP contribution in [-0.4, -0.2) is 26.5 Å². The number of nitrogens with zero attached hydrogens (tertiary/aromatic N) is 4. The minimum Gasteiger partial charge on any atom is -0.340 e. The lowest BCUT2D eigenvalue weighted by atomic mass is 10.3. The SMILES string of the molecule is C=Cn1cc(CNCCc2noc(C)n2)cn1. The molecule has 2 aromatic heterocycles. The van der Waals surface area contributed by atoms with Gasteiger partial charge in [0.2, 0.25) is 5.89 Å². The third-order valence-corrected chi connectivity index (χ3v) is 2.27. The van der Waals surface area contributed by atoms with Gasteiger partial charge in [0.15, 0.2) is 5.82 Å². The first-order chi connectivity index (χ1) is 8.28. The highest BCUT2D eigenvalue weighted by Gasteiger charge is 2.01. The molecule has 17 heavy (non-hydrogen) atoms. The summed E-state index contributed by atoms with van der Waals surface area (Å²) < 4.78 is 6.56. The van der Waals surface area contributed by atoms with E-state index in [1.807, 2.05) is 12.4 Å². The molecule has 0 aliphatic carbocycles. The molecule has 0 amide bonds. The zero-order valence-corrected chi connectivity index (χ0v) is 9.76. The highest BCUT2D eigenvalue weighted by molar-refractivity contribution is 5.17. The van der Waals surface area contributed by atoms with Crippen molar-refractivity contribution < 1.29 is 4.52 Å². The first-order valence-electron chi connectivity index (χ1n) is 5.43. The van der Waals surface area contributed by atoms with E-state index in [9.17, 15) is 0 Å². The van der Waals surface area contributed by atoms with Gasteiger partial charge in [0, 0.05) is 44.4 Å². The average Bonchev–Trinajstić information content (AvgIpc) is 2.93.